The normalized spacial score (nSPS) is 25.3. The van der Waals surface area contributed by atoms with Gasteiger partial charge in [0.25, 0.3) is 5.91 Å². The predicted octanol–water partition coefficient (Wildman–Crippen LogP) is 0.609. The van der Waals surface area contributed by atoms with Crippen LogP contribution in [0, 0.1) is 28.4 Å². The van der Waals surface area contributed by atoms with Gasteiger partial charge in [0.05, 0.1) is 35.7 Å². The van der Waals surface area contributed by atoms with Crippen molar-refractivity contribution >= 4 is 35.2 Å². The molecule has 11 nitrogen and oxygen atoms in total. The third-order valence-corrected chi connectivity index (χ3v) is 6.44. The van der Waals surface area contributed by atoms with Crippen molar-refractivity contribution in [3.05, 3.63) is 28.8 Å². The van der Waals surface area contributed by atoms with Gasteiger partial charge in [-0.05, 0) is 32.4 Å². The van der Waals surface area contributed by atoms with Gasteiger partial charge in [-0.3, -0.25) is 25.0 Å². The number of imide groups is 2. The molecule has 1 spiro atoms. The molecule has 3 N–H and O–H groups in total. The fourth-order valence-electron chi connectivity index (χ4n) is 5.12. The lowest BCUT2D eigenvalue weighted by atomic mass is 9.66. The average Bonchev–Trinajstić information content (AvgIpc) is 2.77. The Labute approximate surface area is 198 Å². The largest absolute Gasteiger partial charge is 0.372 e. The van der Waals surface area contributed by atoms with Crippen LogP contribution in [0.4, 0.5) is 19.3 Å². The van der Waals surface area contributed by atoms with Gasteiger partial charge in [-0.15, -0.1) is 0 Å². The number of fused-ring (bicyclic) bond motifs is 4. The fourth-order valence-corrected chi connectivity index (χ4v) is 5.12. The van der Waals surface area contributed by atoms with Crippen LogP contribution in [0.3, 0.4) is 0 Å². The number of hydrazone groups is 1. The first-order valence-corrected chi connectivity index (χ1v) is 10.8. The third kappa shape index (κ3) is 3.79. The number of hydrogen-bond acceptors (Lipinski definition) is 8. The van der Waals surface area contributed by atoms with E-state index >= 15 is 8.78 Å². The smallest absolute Gasteiger partial charge is 0.328 e. The monoisotopic (exact) mass is 488 g/mol. The van der Waals surface area contributed by atoms with Crippen LogP contribution in [0.25, 0.3) is 0 Å². The summed E-state index contributed by atoms with van der Waals surface area (Å²) < 4.78 is 36.6. The summed E-state index contributed by atoms with van der Waals surface area (Å²) in [4.78, 5) is 51.1. The molecule has 3 heterocycles. The van der Waals surface area contributed by atoms with E-state index in [1.807, 2.05) is 0 Å². The van der Waals surface area contributed by atoms with Gasteiger partial charge in [0.1, 0.15) is 6.42 Å². The molecule has 5 amide bonds. The maximum Gasteiger partial charge on any atom is 0.328 e. The Morgan fingerprint density at radius 1 is 1.29 bits per heavy atom. The predicted molar refractivity (Wildman–Crippen MR) is 116 cm³/mol. The van der Waals surface area contributed by atoms with Crippen molar-refractivity contribution in [2.45, 2.75) is 51.9 Å². The summed E-state index contributed by atoms with van der Waals surface area (Å²) >= 11 is 0. The summed E-state index contributed by atoms with van der Waals surface area (Å²) in [5.74, 6) is -4.89. The van der Waals surface area contributed by atoms with Crippen molar-refractivity contribution in [3.8, 4) is 6.07 Å². The van der Waals surface area contributed by atoms with Crippen LogP contribution in [0.5, 0.6) is 0 Å². The summed E-state index contributed by atoms with van der Waals surface area (Å²) in [5, 5.41) is 16.5. The molecule has 0 aromatic heterocycles. The Bertz CT molecular complexity index is 1210. The number of morpholine rings is 1. The Kier molecular flexibility index (Phi) is 6.02. The number of rotatable bonds is 3. The molecule has 1 aromatic carbocycles. The number of nitrogens with one attached hydrogen (secondary N) is 3. The summed E-state index contributed by atoms with van der Waals surface area (Å²) in [6.07, 6.45) is -1.98. The Balaban J connectivity index is 1.87. The second kappa shape index (κ2) is 8.70. The molecule has 2 fully saturated rings. The van der Waals surface area contributed by atoms with Crippen molar-refractivity contribution in [2.24, 2.45) is 10.5 Å². The molecule has 0 saturated carbocycles. The van der Waals surface area contributed by atoms with Crippen LogP contribution < -0.4 is 21.0 Å². The minimum atomic E-state index is -1.85. The lowest BCUT2D eigenvalue weighted by Crippen LogP contribution is -2.75. The van der Waals surface area contributed by atoms with Gasteiger partial charge in [-0.25, -0.2) is 19.0 Å². The molecule has 3 atom stereocenters. The van der Waals surface area contributed by atoms with E-state index in [1.165, 1.54) is 17.9 Å². The minimum absolute atomic E-state index is 0.0608. The van der Waals surface area contributed by atoms with Crippen LogP contribution in [0.1, 0.15) is 38.3 Å². The molecular weight excluding hydrogens is 466 g/mol. The number of anilines is 1. The van der Waals surface area contributed by atoms with E-state index in [0.29, 0.717) is 0 Å². The number of hydrogen-bond donors (Lipinski definition) is 3. The van der Waals surface area contributed by atoms with Crippen LogP contribution >= 0.6 is 0 Å². The molecule has 3 aliphatic rings. The molecule has 0 aliphatic carbocycles. The van der Waals surface area contributed by atoms with Crippen molar-refractivity contribution in [3.63, 3.8) is 0 Å². The summed E-state index contributed by atoms with van der Waals surface area (Å²) in [7, 11) is 0. The second-order valence-electron chi connectivity index (χ2n) is 8.76. The van der Waals surface area contributed by atoms with Crippen LogP contribution in [-0.2, 0) is 25.5 Å². The Morgan fingerprint density at radius 3 is 2.57 bits per heavy atom. The molecule has 0 radical (unpaired) electrons. The van der Waals surface area contributed by atoms with Gasteiger partial charge in [0.15, 0.2) is 17.0 Å². The van der Waals surface area contributed by atoms with Crippen LogP contribution in [0.15, 0.2) is 11.2 Å². The molecule has 2 saturated heterocycles. The molecule has 3 aliphatic heterocycles. The molecule has 4 rings (SSSR count). The van der Waals surface area contributed by atoms with E-state index in [-0.39, 0.29) is 35.5 Å². The zero-order valence-corrected chi connectivity index (χ0v) is 19.1. The lowest BCUT2D eigenvalue weighted by Gasteiger charge is -2.55. The number of nitrogens with zero attached hydrogens (tertiary/aromatic N) is 3. The van der Waals surface area contributed by atoms with E-state index in [1.54, 1.807) is 19.9 Å². The van der Waals surface area contributed by atoms with E-state index in [0.717, 1.165) is 0 Å². The van der Waals surface area contributed by atoms with Crippen LogP contribution in [0.2, 0.25) is 0 Å². The first kappa shape index (κ1) is 24.2. The zero-order chi connectivity index (χ0) is 25.7. The van der Waals surface area contributed by atoms with E-state index in [4.69, 9.17) is 10.00 Å². The van der Waals surface area contributed by atoms with Gasteiger partial charge in [-0.1, -0.05) is 0 Å². The van der Waals surface area contributed by atoms with Gasteiger partial charge in [-0.2, -0.15) is 10.4 Å². The van der Waals surface area contributed by atoms with Crippen molar-refractivity contribution in [1.29, 1.82) is 5.26 Å². The number of amides is 5. The highest BCUT2D eigenvalue weighted by Crippen LogP contribution is 2.48. The number of nitriles is 1. The highest BCUT2D eigenvalue weighted by molar-refractivity contribution is 6.20. The minimum Gasteiger partial charge on any atom is -0.372 e. The number of benzene rings is 1. The maximum atomic E-state index is 15.6. The SMILES string of the molecule is C/C(=N\NC(=O)CC#N)c1cc2c(c(F)c1F)N1C[C@@H](C)O[C@@H](C)[C@@H]1C1(C2)C(=O)NC(=O)NC1=O. The first-order valence-electron chi connectivity index (χ1n) is 10.8. The van der Waals surface area contributed by atoms with Crippen molar-refractivity contribution in [2.75, 3.05) is 11.4 Å². The van der Waals surface area contributed by atoms with E-state index < -0.39 is 65.5 Å². The summed E-state index contributed by atoms with van der Waals surface area (Å²) in [6, 6.07) is 0.922. The van der Waals surface area contributed by atoms with Crippen molar-refractivity contribution < 1.29 is 32.7 Å². The molecule has 1 aromatic rings. The fraction of sp³-hybridized carbons (Fsp3) is 0.455. The van der Waals surface area contributed by atoms with Gasteiger partial charge in [0, 0.05) is 18.5 Å². The molecule has 35 heavy (non-hydrogen) atoms. The lowest BCUT2D eigenvalue weighted by molar-refractivity contribution is -0.153. The Hall–Kier alpha value is -3.92. The molecular formula is C22H22F2N6O5. The van der Waals surface area contributed by atoms with E-state index in [2.05, 4.69) is 21.2 Å². The molecule has 184 valence electrons. The van der Waals surface area contributed by atoms with Gasteiger partial charge >= 0.3 is 6.03 Å². The maximum absolute atomic E-state index is 15.6. The standard InChI is InChI=1S/C22H22F2N6O5/c1-9-8-30-17-12(6-13(15(23)16(17)24)10(2)28-29-14(31)4-5-25)7-22(18(30)11(3)35-9)19(32)26-21(34)27-20(22)33/h6,9,11,18H,4,7-8H2,1-3H3,(H,29,31)(H2,26,27,32,33,34)/b28-10+/t9-,11+,18-/m1/s1. The summed E-state index contributed by atoms with van der Waals surface area (Å²) in [5.41, 5.74) is -0.120. The third-order valence-electron chi connectivity index (χ3n) is 6.44. The molecule has 0 unspecified atom stereocenters. The number of barbiturate groups is 1. The number of ether oxygens (including phenoxy) is 1. The summed E-state index contributed by atoms with van der Waals surface area (Å²) in [6.45, 7) is 4.74. The first-order chi connectivity index (χ1) is 16.5. The highest BCUT2D eigenvalue weighted by atomic mass is 19.2. The second-order valence-corrected chi connectivity index (χ2v) is 8.76. The zero-order valence-electron chi connectivity index (χ0n) is 19.1. The number of urea groups is 1. The van der Waals surface area contributed by atoms with Gasteiger partial charge < -0.3 is 9.64 Å². The van der Waals surface area contributed by atoms with Gasteiger partial charge in [0.2, 0.25) is 11.8 Å². The quantitative estimate of drug-likeness (QED) is 0.320. The average molecular weight is 488 g/mol. The number of carbonyl (C=O) groups is 4. The molecule has 13 heteroatoms. The number of carbonyl (C=O) groups excluding carboxylic acids is 4. The number of halogens is 2. The topological polar surface area (TPSA) is 153 Å². The van der Waals surface area contributed by atoms with Crippen LogP contribution in [-0.4, -0.2) is 54.3 Å². The highest BCUT2D eigenvalue weighted by Gasteiger charge is 2.63. The van der Waals surface area contributed by atoms with Crippen molar-refractivity contribution in [1.82, 2.24) is 16.1 Å². The molecule has 0 bridgehead atoms. The van der Waals surface area contributed by atoms with E-state index in [9.17, 15) is 19.2 Å². The Morgan fingerprint density at radius 2 is 1.94 bits per heavy atom.